The van der Waals surface area contributed by atoms with Crippen molar-refractivity contribution >= 4 is 0 Å². The quantitative estimate of drug-likeness (QED) is 0.605. The molecule has 1 aromatic rings. The first-order valence-corrected chi connectivity index (χ1v) is 4.40. The maximum atomic E-state index is 11.0. The fourth-order valence-corrected chi connectivity index (χ4v) is 1.20. The average molecular weight is 215 g/mol. The molecular formula is C8H13N3O4. The largest absolute Gasteiger partial charge is 0.388 e. The van der Waals surface area contributed by atoms with Crippen molar-refractivity contribution in [3.05, 3.63) is 22.1 Å². The highest BCUT2D eigenvalue weighted by molar-refractivity contribution is 4.94. The lowest BCUT2D eigenvalue weighted by atomic mass is 10.5. The highest BCUT2D eigenvalue weighted by Gasteiger charge is 2.08. The van der Waals surface area contributed by atoms with Crippen molar-refractivity contribution < 1.29 is 14.9 Å². The molecule has 0 aliphatic carbocycles. The molecule has 84 valence electrons. The van der Waals surface area contributed by atoms with Gasteiger partial charge in [-0.25, -0.2) is 4.79 Å². The van der Waals surface area contributed by atoms with Crippen LogP contribution in [0.5, 0.6) is 0 Å². The van der Waals surface area contributed by atoms with Gasteiger partial charge in [0.2, 0.25) is 0 Å². The Labute approximate surface area is 86.0 Å². The van der Waals surface area contributed by atoms with Gasteiger partial charge in [-0.2, -0.15) is 9.97 Å². The van der Waals surface area contributed by atoms with Gasteiger partial charge in [0.1, 0.15) is 24.9 Å². The number of hydrogen-bond donors (Lipinski definition) is 2. The number of aliphatic hydroxyl groups is 2. The third kappa shape index (κ3) is 2.82. The number of aromatic nitrogens is 3. The molecule has 0 fully saturated rings. The van der Waals surface area contributed by atoms with Crippen molar-refractivity contribution in [1.29, 1.82) is 0 Å². The van der Waals surface area contributed by atoms with Crippen LogP contribution in [0, 0.1) is 0 Å². The second-order valence-electron chi connectivity index (χ2n) is 2.80. The van der Waals surface area contributed by atoms with Crippen molar-refractivity contribution in [3.63, 3.8) is 0 Å². The molecule has 1 rings (SSSR count). The minimum Gasteiger partial charge on any atom is -0.388 e. The molecular weight excluding hydrogens is 202 g/mol. The van der Waals surface area contributed by atoms with Crippen molar-refractivity contribution in [2.24, 2.45) is 0 Å². The molecule has 0 radical (unpaired) electrons. The normalized spacial score (nSPS) is 10.6. The summed E-state index contributed by atoms with van der Waals surface area (Å²) in [6.07, 6.45) is 0. The van der Waals surface area contributed by atoms with Crippen LogP contribution in [0.3, 0.4) is 0 Å². The summed E-state index contributed by atoms with van der Waals surface area (Å²) in [5.41, 5.74) is -0.711. The molecule has 1 aromatic heterocycles. The van der Waals surface area contributed by atoms with E-state index in [9.17, 15) is 4.79 Å². The van der Waals surface area contributed by atoms with E-state index in [-0.39, 0.29) is 24.9 Å². The zero-order chi connectivity index (χ0) is 11.3. The van der Waals surface area contributed by atoms with Crippen molar-refractivity contribution in [3.8, 4) is 0 Å². The van der Waals surface area contributed by atoms with Gasteiger partial charge >= 0.3 is 5.69 Å². The molecule has 0 aliphatic heterocycles. The van der Waals surface area contributed by atoms with Crippen LogP contribution in [0.2, 0.25) is 0 Å². The first-order chi connectivity index (χ1) is 7.22. The second kappa shape index (κ2) is 5.54. The molecule has 0 aliphatic rings. The predicted octanol–water partition coefficient (Wildman–Crippen LogP) is -1.73. The van der Waals surface area contributed by atoms with Gasteiger partial charge in [0.05, 0.1) is 6.61 Å². The van der Waals surface area contributed by atoms with Crippen LogP contribution in [0.15, 0.2) is 4.79 Å². The molecule has 0 unspecified atom stereocenters. The number of rotatable bonds is 5. The highest BCUT2D eigenvalue weighted by atomic mass is 16.5. The summed E-state index contributed by atoms with van der Waals surface area (Å²) in [6.45, 7) is -0.00224. The van der Waals surface area contributed by atoms with Gasteiger partial charge in [-0.05, 0) is 0 Å². The molecule has 0 saturated carbocycles. The molecule has 1 heterocycles. The van der Waals surface area contributed by atoms with E-state index in [1.54, 1.807) is 0 Å². The summed E-state index contributed by atoms with van der Waals surface area (Å²) in [5.74, 6) is 0.354. The van der Waals surface area contributed by atoms with Gasteiger partial charge in [0, 0.05) is 13.7 Å². The SMILES string of the molecule is COCCn1c(CO)nc(=O)nc1CO. The summed E-state index contributed by atoms with van der Waals surface area (Å²) >= 11 is 0. The third-order valence-electron chi connectivity index (χ3n) is 1.87. The smallest absolute Gasteiger partial charge is 0.370 e. The maximum Gasteiger partial charge on any atom is 0.370 e. The van der Waals surface area contributed by atoms with Crippen molar-refractivity contribution in [1.82, 2.24) is 14.5 Å². The van der Waals surface area contributed by atoms with E-state index in [0.29, 0.717) is 13.2 Å². The van der Waals surface area contributed by atoms with Crippen LogP contribution in [0.25, 0.3) is 0 Å². The minimum atomic E-state index is -0.711. The molecule has 0 bridgehead atoms. The lowest BCUT2D eigenvalue weighted by molar-refractivity contribution is 0.174. The van der Waals surface area contributed by atoms with Crippen LogP contribution < -0.4 is 5.69 Å². The monoisotopic (exact) mass is 215 g/mol. The minimum absolute atomic E-state index is 0.177. The molecule has 0 saturated heterocycles. The Balaban J connectivity index is 3.12. The fraction of sp³-hybridized carbons (Fsp3) is 0.625. The molecule has 0 spiro atoms. The van der Waals surface area contributed by atoms with E-state index >= 15 is 0 Å². The highest BCUT2D eigenvalue weighted by Crippen LogP contribution is 1.99. The Morgan fingerprint density at radius 1 is 1.27 bits per heavy atom. The second-order valence-corrected chi connectivity index (χ2v) is 2.80. The van der Waals surface area contributed by atoms with Gasteiger partial charge in [0.15, 0.2) is 0 Å². The molecule has 15 heavy (non-hydrogen) atoms. The van der Waals surface area contributed by atoms with Gasteiger partial charge in [-0.1, -0.05) is 0 Å². The Morgan fingerprint density at radius 3 is 2.20 bits per heavy atom. The summed E-state index contributed by atoms with van der Waals surface area (Å²) < 4.78 is 6.32. The van der Waals surface area contributed by atoms with Crippen LogP contribution in [0.4, 0.5) is 0 Å². The Bertz CT molecular complexity index is 348. The molecule has 0 aromatic carbocycles. The average Bonchev–Trinajstić information content (AvgIpc) is 2.26. The summed E-state index contributed by atoms with van der Waals surface area (Å²) in [5, 5.41) is 18.0. The zero-order valence-corrected chi connectivity index (χ0v) is 8.38. The molecule has 0 amide bonds. The number of nitrogens with zero attached hydrogens (tertiary/aromatic N) is 3. The number of methoxy groups -OCH3 is 1. The summed E-state index contributed by atoms with van der Waals surface area (Å²) in [4.78, 5) is 18.0. The molecule has 7 heteroatoms. The lowest BCUT2D eigenvalue weighted by Gasteiger charge is -2.13. The van der Waals surface area contributed by atoms with E-state index in [2.05, 4.69) is 9.97 Å². The van der Waals surface area contributed by atoms with Crippen LogP contribution >= 0.6 is 0 Å². The molecule has 2 N–H and O–H groups in total. The fourth-order valence-electron chi connectivity index (χ4n) is 1.20. The van der Waals surface area contributed by atoms with Crippen LogP contribution in [0.1, 0.15) is 11.6 Å². The number of hydrogen-bond acceptors (Lipinski definition) is 6. The van der Waals surface area contributed by atoms with Gasteiger partial charge < -0.3 is 19.5 Å². The molecule has 7 nitrogen and oxygen atoms in total. The van der Waals surface area contributed by atoms with E-state index in [1.807, 2.05) is 0 Å². The van der Waals surface area contributed by atoms with Crippen molar-refractivity contribution in [2.75, 3.05) is 13.7 Å². The topological polar surface area (TPSA) is 97.5 Å². The first-order valence-electron chi connectivity index (χ1n) is 4.40. The lowest BCUT2D eigenvalue weighted by Crippen LogP contribution is -2.26. The third-order valence-corrected chi connectivity index (χ3v) is 1.87. The number of ether oxygens (including phenoxy) is 1. The van der Waals surface area contributed by atoms with E-state index in [4.69, 9.17) is 14.9 Å². The first kappa shape index (κ1) is 11.8. The zero-order valence-electron chi connectivity index (χ0n) is 8.38. The Hall–Kier alpha value is -1.31. The van der Waals surface area contributed by atoms with E-state index in [1.165, 1.54) is 11.7 Å². The standard InChI is InChI=1S/C8H13N3O4/c1-15-3-2-11-6(4-12)9-8(14)10-7(11)5-13/h12-13H,2-5H2,1H3. The van der Waals surface area contributed by atoms with Gasteiger partial charge in [-0.15, -0.1) is 0 Å². The van der Waals surface area contributed by atoms with Gasteiger partial charge in [0.25, 0.3) is 0 Å². The predicted molar refractivity (Wildman–Crippen MR) is 50.0 cm³/mol. The van der Waals surface area contributed by atoms with E-state index in [0.717, 1.165) is 0 Å². The molecule has 0 atom stereocenters. The van der Waals surface area contributed by atoms with Crippen LogP contribution in [-0.4, -0.2) is 38.5 Å². The number of aliphatic hydroxyl groups excluding tert-OH is 2. The summed E-state index contributed by atoms with van der Waals surface area (Å²) in [7, 11) is 1.53. The maximum absolute atomic E-state index is 11.0. The van der Waals surface area contributed by atoms with E-state index < -0.39 is 5.69 Å². The summed E-state index contributed by atoms with van der Waals surface area (Å²) in [6, 6.07) is 0. The van der Waals surface area contributed by atoms with Gasteiger partial charge in [-0.3, -0.25) is 0 Å². The van der Waals surface area contributed by atoms with Crippen molar-refractivity contribution in [2.45, 2.75) is 19.8 Å². The Kier molecular flexibility index (Phi) is 4.35. The van der Waals surface area contributed by atoms with Crippen LogP contribution in [-0.2, 0) is 24.5 Å². The Morgan fingerprint density at radius 2 is 1.80 bits per heavy atom.